The maximum Gasteiger partial charge on any atom is 0.410 e. The number of nitrogens with zero attached hydrogens (tertiary/aromatic N) is 3. The lowest BCUT2D eigenvalue weighted by Gasteiger charge is -2.49. The van der Waals surface area contributed by atoms with Crippen molar-refractivity contribution >= 4 is 12.2 Å². The van der Waals surface area contributed by atoms with E-state index in [-0.39, 0.29) is 6.09 Å². The monoisotopic (exact) mass is 415 g/mol. The number of hydrogen-bond donors (Lipinski definition) is 1. The van der Waals surface area contributed by atoms with Gasteiger partial charge in [0.1, 0.15) is 6.61 Å². The zero-order chi connectivity index (χ0) is 21.0. The van der Waals surface area contributed by atoms with Crippen LogP contribution in [0, 0.1) is 5.41 Å². The van der Waals surface area contributed by atoms with Gasteiger partial charge in [-0.15, -0.1) is 0 Å². The summed E-state index contributed by atoms with van der Waals surface area (Å²) in [5, 5.41) is 9.17. The van der Waals surface area contributed by atoms with Crippen molar-refractivity contribution in [2.75, 3.05) is 39.3 Å². The first-order chi connectivity index (χ1) is 14.5. The fourth-order valence-corrected chi connectivity index (χ4v) is 5.26. The fraction of sp³-hybridized carbons (Fsp3) is 0.652. The Morgan fingerprint density at radius 1 is 0.900 bits per heavy atom. The van der Waals surface area contributed by atoms with Crippen LogP contribution in [0.25, 0.3) is 0 Å². The molecule has 3 aliphatic rings. The summed E-state index contributed by atoms with van der Waals surface area (Å²) in [7, 11) is 0. The molecule has 7 nitrogen and oxygen atoms in total. The van der Waals surface area contributed by atoms with Gasteiger partial charge >= 0.3 is 12.2 Å². The van der Waals surface area contributed by atoms with Crippen LogP contribution in [0.5, 0.6) is 0 Å². The molecular weight excluding hydrogens is 382 g/mol. The number of carboxylic acid groups (broad SMARTS) is 1. The molecule has 0 unspecified atom stereocenters. The highest BCUT2D eigenvalue weighted by atomic mass is 16.6. The average Bonchev–Trinajstić information content (AvgIpc) is 2.79. The first kappa shape index (κ1) is 21.0. The maximum absolute atomic E-state index is 12.4. The molecular formula is C23H33N3O4. The Hall–Kier alpha value is -2.28. The van der Waals surface area contributed by atoms with Gasteiger partial charge in [-0.2, -0.15) is 0 Å². The Bertz CT molecular complexity index is 715. The van der Waals surface area contributed by atoms with Gasteiger partial charge in [-0.1, -0.05) is 30.3 Å². The molecule has 2 amide bonds. The van der Waals surface area contributed by atoms with Gasteiger partial charge in [-0.25, -0.2) is 9.59 Å². The number of amides is 2. The number of hydrogen-bond acceptors (Lipinski definition) is 4. The van der Waals surface area contributed by atoms with E-state index in [1.165, 1.54) is 12.8 Å². The number of ether oxygens (including phenoxy) is 1. The molecule has 1 spiro atoms. The van der Waals surface area contributed by atoms with Crippen LogP contribution in [0.4, 0.5) is 9.59 Å². The summed E-state index contributed by atoms with van der Waals surface area (Å²) in [5.74, 6) is 0. The van der Waals surface area contributed by atoms with E-state index in [9.17, 15) is 14.7 Å². The molecule has 3 aliphatic heterocycles. The van der Waals surface area contributed by atoms with Crippen molar-refractivity contribution in [2.45, 2.75) is 51.2 Å². The third-order valence-electron chi connectivity index (χ3n) is 7.40. The summed E-state index contributed by atoms with van der Waals surface area (Å²) in [5.41, 5.74) is 1.35. The molecule has 7 heteroatoms. The van der Waals surface area contributed by atoms with Crippen molar-refractivity contribution in [3.05, 3.63) is 35.9 Å². The van der Waals surface area contributed by atoms with Crippen LogP contribution in [0.3, 0.4) is 0 Å². The molecule has 164 valence electrons. The Kier molecular flexibility index (Phi) is 6.46. The third kappa shape index (κ3) is 4.89. The van der Waals surface area contributed by atoms with Crippen LogP contribution < -0.4 is 0 Å². The zero-order valence-corrected chi connectivity index (χ0v) is 17.7. The Morgan fingerprint density at radius 2 is 1.50 bits per heavy atom. The van der Waals surface area contributed by atoms with E-state index in [4.69, 9.17) is 4.74 Å². The van der Waals surface area contributed by atoms with E-state index in [0.29, 0.717) is 31.2 Å². The lowest BCUT2D eigenvalue weighted by atomic mass is 9.71. The van der Waals surface area contributed by atoms with Crippen molar-refractivity contribution in [2.24, 2.45) is 5.41 Å². The molecule has 0 radical (unpaired) electrons. The molecule has 0 aromatic heterocycles. The van der Waals surface area contributed by atoms with Gasteiger partial charge in [0.25, 0.3) is 0 Å². The van der Waals surface area contributed by atoms with Crippen molar-refractivity contribution in [3.8, 4) is 0 Å². The second kappa shape index (κ2) is 9.25. The Labute approximate surface area is 178 Å². The quantitative estimate of drug-likeness (QED) is 0.816. The number of benzene rings is 1. The average molecular weight is 416 g/mol. The molecule has 3 heterocycles. The van der Waals surface area contributed by atoms with Gasteiger partial charge in [-0.3, -0.25) is 0 Å². The minimum absolute atomic E-state index is 0.208. The molecule has 0 aliphatic carbocycles. The smallest absolute Gasteiger partial charge is 0.410 e. The van der Waals surface area contributed by atoms with Crippen LogP contribution in [0.15, 0.2) is 30.3 Å². The first-order valence-corrected chi connectivity index (χ1v) is 11.2. The lowest BCUT2D eigenvalue weighted by Crippen LogP contribution is -2.52. The van der Waals surface area contributed by atoms with Crippen LogP contribution >= 0.6 is 0 Å². The highest BCUT2D eigenvalue weighted by Crippen LogP contribution is 2.42. The predicted octanol–water partition coefficient (Wildman–Crippen LogP) is 3.64. The second-order valence-electron chi connectivity index (χ2n) is 9.06. The van der Waals surface area contributed by atoms with Gasteiger partial charge in [0.2, 0.25) is 0 Å². The van der Waals surface area contributed by atoms with Crippen LogP contribution in [0.1, 0.15) is 44.1 Å². The van der Waals surface area contributed by atoms with E-state index in [2.05, 4.69) is 4.90 Å². The Morgan fingerprint density at radius 3 is 2.10 bits per heavy atom. The predicted molar refractivity (Wildman–Crippen MR) is 113 cm³/mol. The van der Waals surface area contributed by atoms with Gasteiger partial charge in [0, 0.05) is 32.2 Å². The topological polar surface area (TPSA) is 73.3 Å². The van der Waals surface area contributed by atoms with Crippen molar-refractivity contribution in [1.29, 1.82) is 0 Å². The number of rotatable bonds is 3. The summed E-state index contributed by atoms with van der Waals surface area (Å²) >= 11 is 0. The largest absolute Gasteiger partial charge is 0.465 e. The maximum atomic E-state index is 12.4. The Balaban J connectivity index is 1.18. The summed E-state index contributed by atoms with van der Waals surface area (Å²) in [6.45, 7) is 5.39. The van der Waals surface area contributed by atoms with E-state index >= 15 is 0 Å². The van der Waals surface area contributed by atoms with Crippen LogP contribution in [0.2, 0.25) is 0 Å². The molecule has 1 N–H and O–H groups in total. The van der Waals surface area contributed by atoms with Gasteiger partial charge in [0.15, 0.2) is 0 Å². The number of carbonyl (C=O) groups excluding carboxylic acids is 1. The molecule has 0 saturated carbocycles. The summed E-state index contributed by atoms with van der Waals surface area (Å²) < 4.78 is 5.48. The summed E-state index contributed by atoms with van der Waals surface area (Å²) in [4.78, 5) is 29.5. The zero-order valence-electron chi connectivity index (χ0n) is 17.7. The number of likely N-dealkylation sites (tertiary alicyclic amines) is 3. The second-order valence-corrected chi connectivity index (χ2v) is 9.06. The molecule has 1 aromatic carbocycles. The van der Waals surface area contributed by atoms with Crippen LogP contribution in [-0.4, -0.2) is 77.3 Å². The standard InChI is InChI=1S/C23H33N3O4/c27-21(28)25-16-10-23(11-17-25)8-14-24(15-9-23)20-6-12-26(13-7-20)22(29)30-18-19-4-2-1-3-5-19/h1-5,20H,6-18H2,(H,27,28). The molecule has 3 fully saturated rings. The molecule has 1 aromatic rings. The van der Waals surface area contributed by atoms with E-state index in [1.54, 1.807) is 4.90 Å². The fourth-order valence-electron chi connectivity index (χ4n) is 5.26. The molecule has 3 saturated heterocycles. The number of carbonyl (C=O) groups is 2. The van der Waals surface area contributed by atoms with Crippen molar-refractivity contribution < 1.29 is 19.4 Å². The third-order valence-corrected chi connectivity index (χ3v) is 7.40. The van der Waals surface area contributed by atoms with Crippen molar-refractivity contribution in [1.82, 2.24) is 14.7 Å². The summed E-state index contributed by atoms with van der Waals surface area (Å²) in [6, 6.07) is 10.3. The van der Waals surface area contributed by atoms with E-state index in [0.717, 1.165) is 57.4 Å². The minimum Gasteiger partial charge on any atom is -0.465 e. The van der Waals surface area contributed by atoms with E-state index < -0.39 is 6.09 Å². The minimum atomic E-state index is -0.781. The summed E-state index contributed by atoms with van der Waals surface area (Å²) in [6.07, 6.45) is 5.34. The van der Waals surface area contributed by atoms with Gasteiger partial charge in [-0.05, 0) is 62.6 Å². The SMILES string of the molecule is O=C(O)N1CCC2(CC1)CCN(C1CCN(C(=O)OCc3ccccc3)CC1)CC2. The van der Waals surface area contributed by atoms with Crippen molar-refractivity contribution in [3.63, 3.8) is 0 Å². The highest BCUT2D eigenvalue weighted by molar-refractivity contribution is 5.67. The molecule has 0 atom stereocenters. The highest BCUT2D eigenvalue weighted by Gasteiger charge is 2.40. The number of piperidine rings is 3. The normalized spacial score (nSPS) is 22.8. The van der Waals surface area contributed by atoms with E-state index in [1.807, 2.05) is 35.2 Å². The molecule has 4 rings (SSSR count). The lowest BCUT2D eigenvalue weighted by molar-refractivity contribution is 0.00832. The van der Waals surface area contributed by atoms with Crippen LogP contribution in [-0.2, 0) is 11.3 Å². The molecule has 0 bridgehead atoms. The van der Waals surface area contributed by atoms with Gasteiger partial charge in [0.05, 0.1) is 0 Å². The first-order valence-electron chi connectivity index (χ1n) is 11.2. The van der Waals surface area contributed by atoms with Gasteiger partial charge < -0.3 is 24.5 Å². The molecule has 30 heavy (non-hydrogen) atoms.